The van der Waals surface area contributed by atoms with Gasteiger partial charge in [-0.15, -0.1) is 0 Å². The standard InChI is InChI=1S/C21H33N3O2/c1-16-6-5-8-20(3,4)18(16)7-12-23-13-9-21(10-14-23,19(25)26)24-15-11-22-17(24)2/h11,15H,5-10,12-14H2,1-4H3,(H,25,26). The third kappa shape index (κ3) is 3.46. The number of hydrogen-bond donors (Lipinski definition) is 1. The molecule has 0 radical (unpaired) electrons. The number of aromatic nitrogens is 2. The van der Waals surface area contributed by atoms with Gasteiger partial charge in [0, 0.05) is 32.0 Å². The number of allylic oxidation sites excluding steroid dienone is 1. The monoisotopic (exact) mass is 359 g/mol. The molecule has 1 fully saturated rings. The van der Waals surface area contributed by atoms with Gasteiger partial charge in [-0.3, -0.25) is 0 Å². The van der Waals surface area contributed by atoms with E-state index >= 15 is 0 Å². The van der Waals surface area contributed by atoms with Gasteiger partial charge in [-0.25, -0.2) is 9.78 Å². The van der Waals surface area contributed by atoms with Crippen molar-refractivity contribution in [3.05, 3.63) is 29.4 Å². The topological polar surface area (TPSA) is 58.4 Å². The first-order valence-corrected chi connectivity index (χ1v) is 9.91. The third-order valence-electron chi connectivity index (χ3n) is 6.73. The normalized spacial score (nSPS) is 23.2. The van der Waals surface area contributed by atoms with Crippen molar-refractivity contribution in [1.82, 2.24) is 14.5 Å². The molecule has 1 aliphatic heterocycles. The number of carbonyl (C=O) groups is 1. The lowest BCUT2D eigenvalue weighted by Crippen LogP contribution is -2.51. The van der Waals surface area contributed by atoms with Gasteiger partial charge in [-0.05, 0) is 57.8 Å². The summed E-state index contributed by atoms with van der Waals surface area (Å²) in [7, 11) is 0. The summed E-state index contributed by atoms with van der Waals surface area (Å²) in [4.78, 5) is 18.8. The minimum atomic E-state index is -0.837. The van der Waals surface area contributed by atoms with Crippen molar-refractivity contribution in [1.29, 1.82) is 0 Å². The Morgan fingerprint density at radius 2 is 1.92 bits per heavy atom. The van der Waals surface area contributed by atoms with Crippen LogP contribution in [-0.4, -0.2) is 45.2 Å². The average Bonchev–Trinajstić information content (AvgIpc) is 3.01. The molecular formula is C21H33N3O2. The minimum absolute atomic E-state index is 0.316. The maximum atomic E-state index is 12.1. The number of rotatable bonds is 5. The average molecular weight is 360 g/mol. The van der Waals surface area contributed by atoms with Gasteiger partial charge in [0.25, 0.3) is 0 Å². The number of aryl methyl sites for hydroxylation is 1. The zero-order valence-corrected chi connectivity index (χ0v) is 16.7. The number of aliphatic carboxylic acids is 1. The van der Waals surface area contributed by atoms with E-state index in [1.165, 1.54) is 19.3 Å². The summed E-state index contributed by atoms with van der Waals surface area (Å²) in [5.41, 5.74) is 2.68. The van der Waals surface area contributed by atoms with Crippen LogP contribution in [0.3, 0.4) is 0 Å². The second-order valence-electron chi connectivity index (χ2n) is 8.77. The molecule has 1 N–H and O–H groups in total. The van der Waals surface area contributed by atoms with E-state index in [9.17, 15) is 9.90 Å². The summed E-state index contributed by atoms with van der Waals surface area (Å²) in [6, 6.07) is 0. The van der Waals surface area contributed by atoms with Gasteiger partial charge in [0.1, 0.15) is 11.4 Å². The first-order chi connectivity index (χ1) is 12.3. The van der Waals surface area contributed by atoms with Crippen molar-refractivity contribution >= 4 is 5.97 Å². The quantitative estimate of drug-likeness (QED) is 0.808. The summed E-state index contributed by atoms with van der Waals surface area (Å²) in [6.45, 7) is 11.6. The van der Waals surface area contributed by atoms with Gasteiger partial charge in [0.2, 0.25) is 0 Å². The van der Waals surface area contributed by atoms with Crippen molar-refractivity contribution in [3.63, 3.8) is 0 Å². The summed E-state index contributed by atoms with van der Waals surface area (Å²) in [5.74, 6) is 0.0517. The van der Waals surface area contributed by atoms with E-state index in [2.05, 4.69) is 30.7 Å². The Hall–Kier alpha value is -1.62. The van der Waals surface area contributed by atoms with E-state index in [0.717, 1.165) is 31.9 Å². The molecule has 5 heteroatoms. The van der Waals surface area contributed by atoms with Crippen LogP contribution < -0.4 is 0 Å². The van der Waals surface area contributed by atoms with Crippen molar-refractivity contribution < 1.29 is 9.90 Å². The Bertz CT molecular complexity index is 694. The number of piperidine rings is 1. The van der Waals surface area contributed by atoms with Gasteiger partial charge >= 0.3 is 5.97 Å². The van der Waals surface area contributed by atoms with E-state index < -0.39 is 11.5 Å². The molecule has 3 rings (SSSR count). The predicted molar refractivity (Wildman–Crippen MR) is 103 cm³/mol. The molecule has 0 amide bonds. The molecule has 0 atom stereocenters. The molecule has 2 heterocycles. The fraction of sp³-hybridized carbons (Fsp3) is 0.714. The molecule has 0 aromatic carbocycles. The van der Waals surface area contributed by atoms with Gasteiger partial charge in [0.05, 0.1) is 0 Å². The molecule has 1 aromatic rings. The molecule has 0 unspecified atom stereocenters. The molecule has 5 nitrogen and oxygen atoms in total. The highest BCUT2D eigenvalue weighted by atomic mass is 16.4. The SMILES string of the molecule is CC1=C(CCN2CCC(C(=O)O)(n3ccnc3C)CC2)C(C)(C)CCC1. The molecule has 0 spiro atoms. The molecule has 1 saturated heterocycles. The molecule has 0 saturated carbocycles. The van der Waals surface area contributed by atoms with E-state index in [0.29, 0.717) is 18.3 Å². The number of nitrogens with zero attached hydrogens (tertiary/aromatic N) is 3. The van der Waals surface area contributed by atoms with Crippen molar-refractivity contribution in [2.24, 2.45) is 5.41 Å². The van der Waals surface area contributed by atoms with Crippen LogP contribution in [-0.2, 0) is 10.3 Å². The lowest BCUT2D eigenvalue weighted by Gasteiger charge is -2.41. The second kappa shape index (κ2) is 7.18. The Morgan fingerprint density at radius 1 is 1.23 bits per heavy atom. The van der Waals surface area contributed by atoms with E-state index in [1.807, 2.05) is 17.7 Å². The molecule has 1 aromatic heterocycles. The van der Waals surface area contributed by atoms with E-state index in [4.69, 9.17) is 0 Å². The smallest absolute Gasteiger partial charge is 0.330 e. The molecule has 144 valence electrons. The second-order valence-corrected chi connectivity index (χ2v) is 8.77. The zero-order chi connectivity index (χ0) is 18.9. The third-order valence-corrected chi connectivity index (χ3v) is 6.73. The van der Waals surface area contributed by atoms with E-state index in [1.54, 1.807) is 17.3 Å². The summed E-state index contributed by atoms with van der Waals surface area (Å²) >= 11 is 0. The van der Waals surface area contributed by atoms with Gasteiger partial charge in [-0.1, -0.05) is 25.0 Å². The van der Waals surface area contributed by atoms with Crippen LogP contribution in [0.15, 0.2) is 23.5 Å². The number of hydrogen-bond acceptors (Lipinski definition) is 3. The fourth-order valence-electron chi connectivity index (χ4n) is 5.03. The van der Waals surface area contributed by atoms with Crippen LogP contribution in [0.2, 0.25) is 0 Å². The summed E-state index contributed by atoms with van der Waals surface area (Å²) in [5, 5.41) is 9.93. The Morgan fingerprint density at radius 3 is 2.46 bits per heavy atom. The fourth-order valence-corrected chi connectivity index (χ4v) is 5.03. The summed E-state index contributed by atoms with van der Waals surface area (Å²) < 4.78 is 1.86. The van der Waals surface area contributed by atoms with Crippen molar-refractivity contribution in [2.45, 2.75) is 71.8 Å². The van der Waals surface area contributed by atoms with Gasteiger partial charge < -0.3 is 14.6 Å². The van der Waals surface area contributed by atoms with Gasteiger partial charge in [-0.2, -0.15) is 0 Å². The van der Waals surface area contributed by atoms with Crippen LogP contribution in [0, 0.1) is 12.3 Å². The maximum Gasteiger partial charge on any atom is 0.330 e. The van der Waals surface area contributed by atoms with Crippen LogP contribution in [0.25, 0.3) is 0 Å². The van der Waals surface area contributed by atoms with Crippen LogP contribution >= 0.6 is 0 Å². The number of carboxylic acids is 1. The number of carboxylic acid groups (broad SMARTS) is 1. The Kier molecular flexibility index (Phi) is 5.29. The lowest BCUT2D eigenvalue weighted by atomic mass is 9.71. The molecular weight excluding hydrogens is 326 g/mol. The van der Waals surface area contributed by atoms with Gasteiger partial charge in [0.15, 0.2) is 0 Å². The number of likely N-dealkylation sites (tertiary alicyclic amines) is 1. The van der Waals surface area contributed by atoms with Crippen LogP contribution in [0.4, 0.5) is 0 Å². The maximum absolute atomic E-state index is 12.1. The minimum Gasteiger partial charge on any atom is -0.479 e. The molecule has 2 aliphatic rings. The lowest BCUT2D eigenvalue weighted by molar-refractivity contribution is -0.150. The number of imidazole rings is 1. The van der Waals surface area contributed by atoms with Crippen LogP contribution in [0.5, 0.6) is 0 Å². The van der Waals surface area contributed by atoms with Crippen molar-refractivity contribution in [3.8, 4) is 0 Å². The first kappa shape index (κ1) is 19.2. The highest BCUT2D eigenvalue weighted by Gasteiger charge is 2.44. The van der Waals surface area contributed by atoms with Crippen LogP contribution in [0.1, 0.15) is 65.1 Å². The predicted octanol–water partition coefficient (Wildman–Crippen LogP) is 3.98. The largest absolute Gasteiger partial charge is 0.479 e. The first-order valence-electron chi connectivity index (χ1n) is 9.91. The van der Waals surface area contributed by atoms with Crippen molar-refractivity contribution in [2.75, 3.05) is 19.6 Å². The Balaban J connectivity index is 1.65. The zero-order valence-electron chi connectivity index (χ0n) is 16.7. The molecule has 26 heavy (non-hydrogen) atoms. The highest BCUT2D eigenvalue weighted by molar-refractivity contribution is 5.77. The Labute approximate surface area is 157 Å². The highest BCUT2D eigenvalue weighted by Crippen LogP contribution is 2.42. The van der Waals surface area contributed by atoms with E-state index in [-0.39, 0.29) is 0 Å². The summed E-state index contributed by atoms with van der Waals surface area (Å²) in [6.07, 6.45) is 9.73. The molecule has 1 aliphatic carbocycles. The molecule has 0 bridgehead atoms.